The number of aromatic carboxylic acids is 1. The number of phenols is 1. The zero-order valence-corrected chi connectivity index (χ0v) is 26.0. The van der Waals surface area contributed by atoms with Crippen molar-refractivity contribution in [2.24, 2.45) is 30.7 Å². The fourth-order valence-corrected chi connectivity index (χ4v) is 4.51. The Labute approximate surface area is 268 Å². The van der Waals surface area contributed by atoms with Gasteiger partial charge in [0.15, 0.2) is 0 Å². The zero-order valence-electron chi connectivity index (χ0n) is 23.2. The van der Waals surface area contributed by atoms with E-state index < -0.39 is 16.1 Å². The third kappa shape index (κ3) is 8.06. The van der Waals surface area contributed by atoms with Crippen molar-refractivity contribution in [2.45, 2.75) is 18.7 Å². The Bertz CT molecular complexity index is 1890. The van der Waals surface area contributed by atoms with Gasteiger partial charge in [-0.15, -0.1) is 15.3 Å². The first-order valence-electron chi connectivity index (χ1n) is 12.0. The van der Waals surface area contributed by atoms with Crippen molar-refractivity contribution >= 4 is 61.6 Å². The van der Waals surface area contributed by atoms with Gasteiger partial charge in [-0.25, -0.2) is 4.79 Å². The van der Waals surface area contributed by atoms with Gasteiger partial charge >= 0.3 is 35.5 Å². The molecule has 0 unspecified atom stereocenters. The molecule has 0 saturated heterocycles. The summed E-state index contributed by atoms with van der Waals surface area (Å²) in [5.41, 5.74) is 14.7. The number of rotatable bonds is 8. The molecule has 0 spiro atoms. The molecule has 214 valence electrons. The van der Waals surface area contributed by atoms with Gasteiger partial charge in [0.25, 0.3) is 10.1 Å². The Morgan fingerprint density at radius 2 is 1.30 bits per heavy atom. The van der Waals surface area contributed by atoms with E-state index in [-0.39, 0.29) is 79.9 Å². The Balaban J connectivity index is 0.00000506. The van der Waals surface area contributed by atoms with E-state index in [0.29, 0.717) is 22.5 Å². The Kier molecular flexibility index (Phi) is 10.4. The van der Waals surface area contributed by atoms with Gasteiger partial charge in [0.2, 0.25) is 0 Å². The van der Waals surface area contributed by atoms with E-state index in [2.05, 4.69) is 30.7 Å². The number of azo groups is 3. The summed E-state index contributed by atoms with van der Waals surface area (Å²) in [4.78, 5) is 10.8. The number of aromatic hydroxyl groups is 1. The van der Waals surface area contributed by atoms with Gasteiger partial charge in [-0.05, 0) is 85.6 Å². The molecule has 14 nitrogen and oxygen atoms in total. The average molecular weight is 612 g/mol. The molecule has 4 aromatic carbocycles. The Hall–Kier alpha value is -4.54. The maximum absolute atomic E-state index is 11.9. The Morgan fingerprint density at radius 3 is 1.91 bits per heavy atom. The summed E-state index contributed by atoms with van der Waals surface area (Å²) in [6.07, 6.45) is 0. The van der Waals surface area contributed by atoms with Gasteiger partial charge in [-0.3, -0.25) is 4.55 Å². The number of aryl methyl sites for hydroxylation is 2. The number of nitrogens with zero attached hydrogens (tertiary/aromatic N) is 6. The number of carboxylic acid groups (broad SMARTS) is 1. The van der Waals surface area contributed by atoms with Crippen LogP contribution in [0.25, 0.3) is 0 Å². The molecule has 4 rings (SSSR count). The fourth-order valence-electron chi connectivity index (χ4n) is 3.73. The molecule has 0 amide bonds. The molecular formula is C27H24N8NaO6S+. The molecule has 0 aromatic heterocycles. The standard InChI is InChI=1S/C27H24N8O6S.Na/c1-14-11-15(2)25(23(12-14)42(39,40)41)34-33-21-9-8-20(28)26(24(21)29)35-31-17-5-3-16(4-6-17)30-32-18-7-10-22(36)19(13-18)27(37)38;/h3-13,36H,28-29H2,1-2H3,(H,37,38)(H,39,40,41);/q;+1. The maximum atomic E-state index is 11.9. The fraction of sp³-hybridized carbons (Fsp3) is 0.0741. The second-order valence-electron chi connectivity index (χ2n) is 8.96. The van der Waals surface area contributed by atoms with E-state index in [9.17, 15) is 22.9 Å². The molecule has 16 heteroatoms. The van der Waals surface area contributed by atoms with Crippen LogP contribution in [0.15, 0.2) is 102 Å². The summed E-state index contributed by atoms with van der Waals surface area (Å²) >= 11 is 0. The summed E-state index contributed by atoms with van der Waals surface area (Å²) in [6.45, 7) is 3.32. The minimum atomic E-state index is -4.56. The van der Waals surface area contributed by atoms with E-state index in [0.717, 1.165) is 0 Å². The van der Waals surface area contributed by atoms with Crippen molar-refractivity contribution in [3.05, 3.63) is 83.4 Å². The maximum Gasteiger partial charge on any atom is 1.00 e. The predicted octanol–water partition coefficient (Wildman–Crippen LogP) is 4.37. The summed E-state index contributed by atoms with van der Waals surface area (Å²) < 4.78 is 33.4. The average Bonchev–Trinajstić information content (AvgIpc) is 2.92. The quantitative estimate of drug-likeness (QED) is 0.0827. The van der Waals surface area contributed by atoms with Gasteiger partial charge in [0.1, 0.15) is 33.3 Å². The number of nitrogens with two attached hydrogens (primary N) is 2. The molecule has 43 heavy (non-hydrogen) atoms. The third-order valence-corrected chi connectivity index (χ3v) is 6.64. The van der Waals surface area contributed by atoms with Gasteiger partial charge in [0.05, 0.1) is 28.4 Å². The van der Waals surface area contributed by atoms with E-state index in [1.807, 2.05) is 0 Å². The van der Waals surface area contributed by atoms with Crippen LogP contribution in [-0.2, 0) is 10.1 Å². The molecule has 0 radical (unpaired) electrons. The first-order valence-corrected chi connectivity index (χ1v) is 13.5. The summed E-state index contributed by atoms with van der Waals surface area (Å²) in [7, 11) is -4.56. The number of benzene rings is 4. The van der Waals surface area contributed by atoms with Gasteiger partial charge in [0, 0.05) is 0 Å². The third-order valence-electron chi connectivity index (χ3n) is 5.78. The van der Waals surface area contributed by atoms with Crippen molar-refractivity contribution in [3.63, 3.8) is 0 Å². The summed E-state index contributed by atoms with van der Waals surface area (Å²) in [6, 6.07) is 16.2. The van der Waals surface area contributed by atoms with Crippen LogP contribution in [0.5, 0.6) is 5.75 Å². The molecule has 0 heterocycles. The largest absolute Gasteiger partial charge is 1.00 e. The van der Waals surface area contributed by atoms with E-state index in [4.69, 9.17) is 16.6 Å². The van der Waals surface area contributed by atoms with E-state index in [1.54, 1.807) is 44.2 Å². The van der Waals surface area contributed by atoms with Crippen LogP contribution in [0.2, 0.25) is 0 Å². The summed E-state index contributed by atoms with van der Waals surface area (Å²) in [5, 5.41) is 43.1. The second kappa shape index (κ2) is 13.6. The van der Waals surface area contributed by atoms with Crippen molar-refractivity contribution in [1.82, 2.24) is 0 Å². The minimum absolute atomic E-state index is 0. The molecule has 0 atom stereocenters. The summed E-state index contributed by atoms with van der Waals surface area (Å²) in [5.74, 6) is -1.67. The number of hydrogen-bond donors (Lipinski definition) is 5. The van der Waals surface area contributed by atoms with Crippen molar-refractivity contribution < 1.29 is 57.5 Å². The van der Waals surface area contributed by atoms with Crippen molar-refractivity contribution in [1.29, 1.82) is 0 Å². The first-order chi connectivity index (χ1) is 19.8. The zero-order chi connectivity index (χ0) is 30.6. The van der Waals surface area contributed by atoms with Crippen LogP contribution in [0.3, 0.4) is 0 Å². The van der Waals surface area contributed by atoms with Crippen LogP contribution in [0, 0.1) is 13.8 Å². The smallest absolute Gasteiger partial charge is 0.507 e. The minimum Gasteiger partial charge on any atom is -0.507 e. The van der Waals surface area contributed by atoms with E-state index in [1.165, 1.54) is 36.4 Å². The molecule has 0 saturated carbocycles. The number of carboxylic acids is 1. The Morgan fingerprint density at radius 1 is 0.744 bits per heavy atom. The molecule has 0 aliphatic rings. The van der Waals surface area contributed by atoms with Gasteiger partial charge in [-0.1, -0.05) is 6.07 Å². The van der Waals surface area contributed by atoms with Crippen LogP contribution in [0.1, 0.15) is 21.5 Å². The van der Waals surface area contributed by atoms with Crippen LogP contribution in [-0.4, -0.2) is 29.2 Å². The normalized spacial score (nSPS) is 11.8. The monoisotopic (exact) mass is 611 g/mol. The van der Waals surface area contributed by atoms with E-state index >= 15 is 0 Å². The molecule has 0 bridgehead atoms. The second-order valence-corrected chi connectivity index (χ2v) is 10.4. The molecule has 4 aromatic rings. The molecular weight excluding hydrogens is 587 g/mol. The van der Waals surface area contributed by atoms with Crippen LogP contribution in [0.4, 0.5) is 45.5 Å². The molecule has 0 aliphatic carbocycles. The first kappa shape index (κ1) is 33.0. The van der Waals surface area contributed by atoms with Gasteiger partial charge in [-0.2, -0.15) is 23.8 Å². The molecule has 0 fully saturated rings. The number of nitrogen functional groups attached to an aromatic ring is 2. The van der Waals surface area contributed by atoms with Crippen molar-refractivity contribution in [2.75, 3.05) is 11.5 Å². The SMILES string of the molecule is Cc1cc(C)c(N=Nc2ccc(N)c(N=Nc3ccc(N=Nc4ccc(O)c(C(=O)O)c4)cc3)c2N)c(S(=O)(=O)O)c1.[Na+]. The topological polar surface area (TPSA) is 238 Å². The number of carbonyl (C=O) groups is 1. The van der Waals surface area contributed by atoms with Gasteiger partial charge < -0.3 is 21.7 Å². The molecule has 0 aliphatic heterocycles. The van der Waals surface area contributed by atoms with Crippen molar-refractivity contribution in [3.8, 4) is 5.75 Å². The number of anilines is 2. The van der Waals surface area contributed by atoms with Crippen LogP contribution >= 0.6 is 0 Å². The molecule has 7 N–H and O–H groups in total. The predicted molar refractivity (Wildman–Crippen MR) is 155 cm³/mol. The number of hydrogen-bond acceptors (Lipinski definition) is 12. The van der Waals surface area contributed by atoms with Crippen LogP contribution < -0.4 is 41.0 Å².